The van der Waals surface area contributed by atoms with Crippen LogP contribution in [-0.2, 0) is 9.59 Å². The van der Waals surface area contributed by atoms with Crippen molar-refractivity contribution in [1.82, 2.24) is 15.1 Å². The molecule has 1 aliphatic heterocycles. The third-order valence-corrected chi connectivity index (χ3v) is 3.72. The first-order valence-corrected chi connectivity index (χ1v) is 7.58. The highest BCUT2D eigenvalue weighted by Gasteiger charge is 2.23. The topological polar surface area (TPSA) is 95.8 Å². The Hall–Kier alpha value is -2.74. The molecule has 0 radical (unpaired) electrons. The molecular formula is C16H20N4O4. The van der Waals surface area contributed by atoms with Crippen LogP contribution in [0.15, 0.2) is 30.0 Å². The highest BCUT2D eigenvalue weighted by atomic mass is 16.6. The third-order valence-electron chi connectivity index (χ3n) is 3.72. The van der Waals surface area contributed by atoms with E-state index in [-0.39, 0.29) is 23.2 Å². The zero-order valence-corrected chi connectivity index (χ0v) is 13.7. The third kappa shape index (κ3) is 4.63. The molecule has 8 nitrogen and oxygen atoms in total. The molecule has 1 aromatic carbocycles. The fourth-order valence-electron chi connectivity index (χ4n) is 2.42. The van der Waals surface area contributed by atoms with Crippen molar-refractivity contribution < 1.29 is 14.5 Å². The van der Waals surface area contributed by atoms with E-state index in [0.29, 0.717) is 18.7 Å². The number of nitro benzene ring substituents is 1. The number of nitrogens with one attached hydrogen (secondary N) is 1. The molecule has 2 amide bonds. The van der Waals surface area contributed by atoms with Crippen LogP contribution in [-0.4, -0.2) is 59.8 Å². The van der Waals surface area contributed by atoms with E-state index in [0.717, 1.165) is 13.1 Å². The summed E-state index contributed by atoms with van der Waals surface area (Å²) in [5.74, 6) is -0.654. The van der Waals surface area contributed by atoms with Crippen LogP contribution in [0.25, 0.3) is 6.08 Å². The zero-order chi connectivity index (χ0) is 17.7. The summed E-state index contributed by atoms with van der Waals surface area (Å²) < 4.78 is 0. The molecule has 24 heavy (non-hydrogen) atoms. The van der Waals surface area contributed by atoms with E-state index >= 15 is 0 Å². The molecule has 1 aromatic rings. The van der Waals surface area contributed by atoms with Gasteiger partial charge in [0.25, 0.3) is 11.6 Å². The number of nitro groups is 1. The van der Waals surface area contributed by atoms with Gasteiger partial charge in [0.15, 0.2) is 0 Å². The number of rotatable bonds is 4. The number of amides is 2. The number of nitrogens with zero attached hydrogens (tertiary/aromatic N) is 3. The van der Waals surface area contributed by atoms with Gasteiger partial charge >= 0.3 is 0 Å². The molecule has 1 N–H and O–H groups in total. The van der Waals surface area contributed by atoms with E-state index in [4.69, 9.17) is 0 Å². The Bertz CT molecular complexity index is 678. The molecule has 0 aromatic heterocycles. The van der Waals surface area contributed by atoms with Gasteiger partial charge in [0.1, 0.15) is 5.70 Å². The van der Waals surface area contributed by atoms with Crippen LogP contribution in [0.3, 0.4) is 0 Å². The standard InChI is InChI=1S/C16H20N4O4/c1-12(21)17-15(16(22)19-8-6-18(2)7-9-19)11-13-4-3-5-14(10-13)20(23)24/h3-5,10-11H,6-9H2,1-2H3,(H,17,21)/b15-11-. The minimum atomic E-state index is -0.502. The van der Waals surface area contributed by atoms with Gasteiger partial charge in [-0.1, -0.05) is 12.1 Å². The molecule has 0 spiro atoms. The normalized spacial score (nSPS) is 15.9. The van der Waals surface area contributed by atoms with Crippen LogP contribution in [0.4, 0.5) is 5.69 Å². The first-order chi connectivity index (χ1) is 11.4. The second-order valence-corrected chi connectivity index (χ2v) is 5.69. The average Bonchev–Trinajstić information content (AvgIpc) is 2.54. The predicted molar refractivity (Wildman–Crippen MR) is 89.0 cm³/mol. The molecule has 8 heteroatoms. The lowest BCUT2D eigenvalue weighted by molar-refractivity contribution is -0.384. The van der Waals surface area contributed by atoms with Gasteiger partial charge in [0.05, 0.1) is 4.92 Å². The van der Waals surface area contributed by atoms with Crippen LogP contribution in [0.1, 0.15) is 12.5 Å². The summed E-state index contributed by atoms with van der Waals surface area (Å²) in [7, 11) is 1.98. The highest BCUT2D eigenvalue weighted by molar-refractivity contribution is 6.01. The molecular weight excluding hydrogens is 312 g/mol. The van der Waals surface area contributed by atoms with E-state index in [9.17, 15) is 19.7 Å². The Morgan fingerprint density at radius 3 is 2.50 bits per heavy atom. The Balaban J connectivity index is 2.27. The van der Waals surface area contributed by atoms with Crippen LogP contribution in [0, 0.1) is 10.1 Å². The quantitative estimate of drug-likeness (QED) is 0.501. The van der Waals surface area contributed by atoms with Gasteiger partial charge in [0, 0.05) is 45.2 Å². The molecule has 0 bridgehead atoms. The lowest BCUT2D eigenvalue weighted by Gasteiger charge is -2.32. The SMILES string of the molecule is CC(=O)N/C(=C\c1cccc([N+](=O)[O-])c1)C(=O)N1CCN(C)CC1. The number of carbonyl (C=O) groups excluding carboxylic acids is 2. The lowest BCUT2D eigenvalue weighted by Crippen LogP contribution is -2.49. The van der Waals surface area contributed by atoms with Crippen molar-refractivity contribution in [3.05, 3.63) is 45.6 Å². The molecule has 1 saturated heterocycles. The van der Waals surface area contributed by atoms with Gasteiger partial charge in [-0.3, -0.25) is 19.7 Å². The molecule has 0 saturated carbocycles. The Labute approximate surface area is 139 Å². The van der Waals surface area contributed by atoms with Crippen molar-refractivity contribution in [3.63, 3.8) is 0 Å². The molecule has 2 rings (SSSR count). The molecule has 128 valence electrons. The van der Waals surface area contributed by atoms with Gasteiger partial charge in [0.2, 0.25) is 5.91 Å². The van der Waals surface area contributed by atoms with Crippen LogP contribution >= 0.6 is 0 Å². The molecule has 0 aliphatic carbocycles. The van der Waals surface area contributed by atoms with Crippen LogP contribution in [0.5, 0.6) is 0 Å². The molecule has 1 aliphatic rings. The summed E-state index contributed by atoms with van der Waals surface area (Å²) in [4.78, 5) is 38.2. The van der Waals surface area contributed by atoms with E-state index in [2.05, 4.69) is 10.2 Å². The summed E-state index contributed by atoms with van der Waals surface area (Å²) in [6.45, 7) is 3.98. The maximum atomic E-state index is 12.7. The number of carbonyl (C=O) groups is 2. The van der Waals surface area contributed by atoms with Crippen molar-refractivity contribution in [1.29, 1.82) is 0 Å². The van der Waals surface area contributed by atoms with Crippen molar-refractivity contribution in [2.75, 3.05) is 33.2 Å². The highest BCUT2D eigenvalue weighted by Crippen LogP contribution is 2.16. The Morgan fingerprint density at radius 2 is 1.92 bits per heavy atom. The lowest BCUT2D eigenvalue weighted by atomic mass is 10.1. The van der Waals surface area contributed by atoms with E-state index in [1.807, 2.05) is 7.05 Å². The van der Waals surface area contributed by atoms with E-state index in [1.165, 1.54) is 31.2 Å². The Morgan fingerprint density at radius 1 is 1.25 bits per heavy atom. The maximum absolute atomic E-state index is 12.7. The molecule has 1 heterocycles. The maximum Gasteiger partial charge on any atom is 0.270 e. The van der Waals surface area contributed by atoms with Crippen LogP contribution < -0.4 is 5.32 Å². The summed E-state index contributed by atoms with van der Waals surface area (Å²) in [5.41, 5.74) is 0.529. The Kier molecular flexibility index (Phi) is 5.64. The zero-order valence-electron chi connectivity index (χ0n) is 13.7. The van der Waals surface area contributed by atoms with Gasteiger partial charge < -0.3 is 15.1 Å². The van der Waals surface area contributed by atoms with Gasteiger partial charge in [-0.25, -0.2) is 0 Å². The summed E-state index contributed by atoms with van der Waals surface area (Å²) in [5, 5.41) is 13.4. The van der Waals surface area contributed by atoms with Gasteiger partial charge in [-0.05, 0) is 18.7 Å². The van der Waals surface area contributed by atoms with Crippen LogP contribution in [0.2, 0.25) is 0 Å². The summed E-state index contributed by atoms with van der Waals surface area (Å²) in [6.07, 6.45) is 1.47. The summed E-state index contributed by atoms with van der Waals surface area (Å²) >= 11 is 0. The minimum Gasteiger partial charge on any atom is -0.335 e. The van der Waals surface area contributed by atoms with E-state index in [1.54, 1.807) is 11.0 Å². The first-order valence-electron chi connectivity index (χ1n) is 7.58. The molecule has 1 fully saturated rings. The van der Waals surface area contributed by atoms with Crippen molar-refractivity contribution in [2.45, 2.75) is 6.92 Å². The number of benzene rings is 1. The number of piperazine rings is 1. The molecule has 0 unspecified atom stereocenters. The van der Waals surface area contributed by atoms with Crippen molar-refractivity contribution in [3.8, 4) is 0 Å². The number of hydrogen-bond acceptors (Lipinski definition) is 5. The number of hydrogen-bond donors (Lipinski definition) is 1. The van der Waals surface area contributed by atoms with E-state index < -0.39 is 4.92 Å². The van der Waals surface area contributed by atoms with Gasteiger partial charge in [-0.15, -0.1) is 0 Å². The minimum absolute atomic E-state index is 0.0713. The average molecular weight is 332 g/mol. The molecule has 0 atom stereocenters. The number of non-ortho nitro benzene ring substituents is 1. The second kappa shape index (κ2) is 7.69. The number of likely N-dealkylation sites (N-methyl/N-ethyl adjacent to an activating group) is 1. The first kappa shape index (κ1) is 17.6. The monoisotopic (exact) mass is 332 g/mol. The van der Waals surface area contributed by atoms with Crippen molar-refractivity contribution in [2.24, 2.45) is 0 Å². The predicted octanol–water partition coefficient (Wildman–Crippen LogP) is 0.846. The fourth-order valence-corrected chi connectivity index (χ4v) is 2.42. The smallest absolute Gasteiger partial charge is 0.270 e. The fraction of sp³-hybridized carbons (Fsp3) is 0.375. The van der Waals surface area contributed by atoms with Gasteiger partial charge in [-0.2, -0.15) is 0 Å². The van der Waals surface area contributed by atoms with Crippen molar-refractivity contribution >= 4 is 23.6 Å². The second-order valence-electron chi connectivity index (χ2n) is 5.69. The largest absolute Gasteiger partial charge is 0.335 e. The summed E-state index contributed by atoms with van der Waals surface area (Å²) in [6, 6.07) is 5.92.